The second-order valence-corrected chi connectivity index (χ2v) is 6.93. The zero-order valence-electron chi connectivity index (χ0n) is 12.6. The lowest BCUT2D eigenvalue weighted by Crippen LogP contribution is -2.43. The number of hydrogen-bond acceptors (Lipinski definition) is 4. The van der Waals surface area contributed by atoms with E-state index in [2.05, 4.69) is 10.0 Å². The normalized spacial score (nSPS) is 16.5. The number of urea groups is 1. The number of carbonyl (C=O) groups excluding carboxylic acids is 2. The van der Waals surface area contributed by atoms with E-state index in [0.717, 1.165) is 12.7 Å². The first kappa shape index (κ1) is 17.7. The van der Waals surface area contributed by atoms with E-state index in [1.807, 2.05) is 0 Å². The zero-order valence-corrected chi connectivity index (χ0v) is 13.4. The molecule has 0 bridgehead atoms. The molecule has 0 spiro atoms. The summed E-state index contributed by atoms with van der Waals surface area (Å²) in [7, 11) is -3.17. The third-order valence-corrected chi connectivity index (χ3v) is 3.95. The number of amides is 3. The number of nitrogens with one attached hydrogen (secondary N) is 2. The van der Waals surface area contributed by atoms with Crippen LogP contribution in [0.5, 0.6) is 0 Å². The Kier molecular flexibility index (Phi) is 6.90. The van der Waals surface area contributed by atoms with Gasteiger partial charge < -0.3 is 15.1 Å². The second kappa shape index (κ2) is 8.18. The lowest BCUT2D eigenvalue weighted by molar-refractivity contribution is -0.128. The molecule has 0 atom stereocenters. The molecule has 0 saturated carbocycles. The van der Waals surface area contributed by atoms with Crippen molar-refractivity contribution in [3.63, 3.8) is 0 Å². The fourth-order valence-electron chi connectivity index (χ4n) is 2.09. The molecule has 1 fully saturated rings. The molecule has 1 saturated heterocycles. The molecule has 0 aliphatic carbocycles. The highest BCUT2D eigenvalue weighted by atomic mass is 32.2. The molecule has 2 N–H and O–H groups in total. The van der Waals surface area contributed by atoms with Crippen LogP contribution in [0.3, 0.4) is 0 Å². The van der Waals surface area contributed by atoms with Crippen LogP contribution in [0.1, 0.15) is 19.8 Å². The third-order valence-electron chi connectivity index (χ3n) is 3.22. The maximum absolute atomic E-state index is 12.0. The van der Waals surface area contributed by atoms with Gasteiger partial charge >= 0.3 is 6.03 Å². The summed E-state index contributed by atoms with van der Waals surface area (Å²) >= 11 is 0. The Balaban J connectivity index is 2.24. The summed E-state index contributed by atoms with van der Waals surface area (Å²) in [6.45, 7) is 4.62. The quantitative estimate of drug-likeness (QED) is 0.647. The Morgan fingerprint density at radius 2 is 1.67 bits per heavy atom. The summed E-state index contributed by atoms with van der Waals surface area (Å²) in [5.41, 5.74) is 0. The number of rotatable bonds is 5. The van der Waals surface area contributed by atoms with Crippen molar-refractivity contribution in [3.8, 4) is 0 Å². The SMILES string of the molecule is CC(=O)N1CCCN(C(=O)NCCCNS(C)(=O)=O)CC1. The molecule has 0 aromatic heterocycles. The summed E-state index contributed by atoms with van der Waals surface area (Å²) < 4.78 is 24.1. The minimum atomic E-state index is -3.17. The van der Waals surface area contributed by atoms with Gasteiger partial charge in [-0.15, -0.1) is 0 Å². The molecule has 1 aliphatic rings. The number of sulfonamides is 1. The van der Waals surface area contributed by atoms with Crippen molar-refractivity contribution < 1.29 is 18.0 Å². The Hall–Kier alpha value is -1.35. The van der Waals surface area contributed by atoms with Crippen LogP contribution in [0.4, 0.5) is 4.79 Å². The molecule has 8 nitrogen and oxygen atoms in total. The van der Waals surface area contributed by atoms with E-state index in [1.165, 1.54) is 6.92 Å². The number of carbonyl (C=O) groups is 2. The predicted octanol–water partition coefficient (Wildman–Crippen LogP) is -0.810. The van der Waals surface area contributed by atoms with Crippen molar-refractivity contribution in [2.75, 3.05) is 45.5 Å². The van der Waals surface area contributed by atoms with E-state index in [4.69, 9.17) is 0 Å². The molecular formula is C12H24N4O4S. The Morgan fingerprint density at radius 1 is 1.05 bits per heavy atom. The van der Waals surface area contributed by atoms with Gasteiger partial charge in [0, 0.05) is 46.2 Å². The molecular weight excluding hydrogens is 296 g/mol. The lowest BCUT2D eigenvalue weighted by atomic mass is 10.4. The average molecular weight is 320 g/mol. The average Bonchev–Trinajstić information content (AvgIpc) is 2.62. The van der Waals surface area contributed by atoms with Gasteiger partial charge in [0.25, 0.3) is 0 Å². The monoisotopic (exact) mass is 320 g/mol. The van der Waals surface area contributed by atoms with Crippen LogP contribution in [-0.2, 0) is 14.8 Å². The Morgan fingerprint density at radius 3 is 2.29 bits per heavy atom. The molecule has 1 aliphatic heterocycles. The first-order valence-corrected chi connectivity index (χ1v) is 8.91. The van der Waals surface area contributed by atoms with E-state index in [1.54, 1.807) is 9.80 Å². The van der Waals surface area contributed by atoms with E-state index < -0.39 is 10.0 Å². The van der Waals surface area contributed by atoms with Crippen molar-refractivity contribution in [2.45, 2.75) is 19.8 Å². The van der Waals surface area contributed by atoms with Gasteiger partial charge in [-0.1, -0.05) is 0 Å². The van der Waals surface area contributed by atoms with E-state index in [9.17, 15) is 18.0 Å². The van der Waals surface area contributed by atoms with Gasteiger partial charge in [-0.25, -0.2) is 17.9 Å². The van der Waals surface area contributed by atoms with E-state index in [-0.39, 0.29) is 11.9 Å². The smallest absolute Gasteiger partial charge is 0.317 e. The Labute approximate surface area is 125 Å². The maximum atomic E-state index is 12.0. The van der Waals surface area contributed by atoms with Gasteiger partial charge in [-0.2, -0.15) is 0 Å². The van der Waals surface area contributed by atoms with Crippen molar-refractivity contribution in [1.82, 2.24) is 19.8 Å². The predicted molar refractivity (Wildman–Crippen MR) is 79.3 cm³/mol. The Bertz CT molecular complexity index is 466. The summed E-state index contributed by atoms with van der Waals surface area (Å²) in [4.78, 5) is 26.7. The van der Waals surface area contributed by atoms with Crippen LogP contribution in [-0.4, -0.2) is 75.7 Å². The van der Waals surface area contributed by atoms with Crippen molar-refractivity contribution >= 4 is 22.0 Å². The lowest BCUT2D eigenvalue weighted by Gasteiger charge is -2.21. The van der Waals surface area contributed by atoms with Crippen LogP contribution in [0.2, 0.25) is 0 Å². The molecule has 0 aromatic rings. The summed E-state index contributed by atoms with van der Waals surface area (Å²) in [5.74, 6) is 0.0316. The van der Waals surface area contributed by atoms with E-state index >= 15 is 0 Å². The molecule has 0 unspecified atom stereocenters. The van der Waals surface area contributed by atoms with Gasteiger partial charge in [0.1, 0.15) is 0 Å². The fraction of sp³-hybridized carbons (Fsp3) is 0.833. The van der Waals surface area contributed by atoms with Crippen LogP contribution >= 0.6 is 0 Å². The van der Waals surface area contributed by atoms with Crippen molar-refractivity contribution in [1.29, 1.82) is 0 Å². The standard InChI is InChI=1S/C12H24N4O4S/c1-11(17)15-7-4-8-16(10-9-15)12(18)13-5-3-6-14-21(2,19)20/h14H,3-10H2,1-2H3,(H,13,18). The third kappa shape index (κ3) is 7.28. The number of hydrogen-bond donors (Lipinski definition) is 2. The highest BCUT2D eigenvalue weighted by Crippen LogP contribution is 2.03. The van der Waals surface area contributed by atoms with Gasteiger partial charge in [-0.05, 0) is 12.8 Å². The summed E-state index contributed by atoms with van der Waals surface area (Å²) in [6, 6.07) is -0.167. The highest BCUT2D eigenvalue weighted by Gasteiger charge is 2.19. The second-order valence-electron chi connectivity index (χ2n) is 5.10. The molecule has 21 heavy (non-hydrogen) atoms. The summed E-state index contributed by atoms with van der Waals surface area (Å²) in [5, 5.41) is 2.76. The minimum absolute atomic E-state index is 0.0316. The van der Waals surface area contributed by atoms with Gasteiger partial charge in [0.15, 0.2) is 0 Å². The molecule has 1 heterocycles. The van der Waals surface area contributed by atoms with Crippen LogP contribution in [0.15, 0.2) is 0 Å². The van der Waals surface area contributed by atoms with E-state index in [0.29, 0.717) is 45.7 Å². The first-order valence-electron chi connectivity index (χ1n) is 7.02. The minimum Gasteiger partial charge on any atom is -0.341 e. The first-order chi connectivity index (χ1) is 9.79. The van der Waals surface area contributed by atoms with Gasteiger partial charge in [0.2, 0.25) is 15.9 Å². The van der Waals surface area contributed by atoms with Crippen molar-refractivity contribution in [2.24, 2.45) is 0 Å². The zero-order chi connectivity index (χ0) is 15.9. The van der Waals surface area contributed by atoms with Gasteiger partial charge in [0.05, 0.1) is 6.26 Å². The fourth-order valence-corrected chi connectivity index (χ4v) is 2.60. The summed E-state index contributed by atoms with van der Waals surface area (Å²) in [6.07, 6.45) is 2.40. The molecule has 0 radical (unpaired) electrons. The molecule has 1 rings (SSSR count). The topological polar surface area (TPSA) is 98.8 Å². The molecule has 9 heteroatoms. The molecule has 0 aromatic carbocycles. The van der Waals surface area contributed by atoms with Gasteiger partial charge in [-0.3, -0.25) is 4.79 Å². The van der Waals surface area contributed by atoms with Crippen LogP contribution < -0.4 is 10.0 Å². The molecule has 122 valence electrons. The van der Waals surface area contributed by atoms with Crippen molar-refractivity contribution in [3.05, 3.63) is 0 Å². The molecule has 3 amide bonds. The number of nitrogens with zero attached hydrogens (tertiary/aromatic N) is 2. The largest absolute Gasteiger partial charge is 0.341 e. The van der Waals surface area contributed by atoms with Crippen LogP contribution in [0, 0.1) is 0 Å². The van der Waals surface area contributed by atoms with Crippen LogP contribution in [0.25, 0.3) is 0 Å². The maximum Gasteiger partial charge on any atom is 0.317 e. The highest BCUT2D eigenvalue weighted by molar-refractivity contribution is 7.88.